The summed E-state index contributed by atoms with van der Waals surface area (Å²) < 4.78 is 5.44. The minimum absolute atomic E-state index is 0.474. The molecule has 0 saturated carbocycles. The number of hydrogen-bond acceptors (Lipinski definition) is 5. The Hall–Kier alpha value is -1.52. The van der Waals surface area contributed by atoms with Crippen LogP contribution in [0.1, 0.15) is 40.0 Å². The summed E-state index contributed by atoms with van der Waals surface area (Å²) in [7, 11) is 0. The molecule has 0 amide bonds. The van der Waals surface area contributed by atoms with E-state index >= 15 is 0 Å². The molecule has 100 valence electrons. The van der Waals surface area contributed by atoms with Crippen LogP contribution in [0.2, 0.25) is 0 Å². The second-order valence-corrected chi connectivity index (χ2v) is 4.74. The largest absolute Gasteiger partial charge is 0.476 e. The summed E-state index contributed by atoms with van der Waals surface area (Å²) in [5.74, 6) is 1.32. The summed E-state index contributed by atoms with van der Waals surface area (Å²) >= 11 is 0. The van der Waals surface area contributed by atoms with Crippen molar-refractivity contribution in [2.75, 3.05) is 17.2 Å². The topological polar surface area (TPSA) is 64.3 Å². The molecule has 5 nitrogen and oxygen atoms in total. The third kappa shape index (κ3) is 2.21. The van der Waals surface area contributed by atoms with Gasteiger partial charge in [-0.15, -0.1) is 0 Å². The van der Waals surface area contributed by atoms with Crippen LogP contribution in [0, 0.1) is 0 Å². The molecule has 2 heterocycles. The van der Waals surface area contributed by atoms with Gasteiger partial charge in [-0.25, -0.2) is 4.98 Å². The molecule has 0 spiro atoms. The summed E-state index contributed by atoms with van der Waals surface area (Å²) in [5.41, 5.74) is 6.70. The predicted octanol–water partition coefficient (Wildman–Crippen LogP) is 2.22. The number of hydrogen-bond donors (Lipinski definition) is 1. The van der Waals surface area contributed by atoms with Crippen LogP contribution >= 0.6 is 0 Å². The fraction of sp³-hybridized carbons (Fsp3) is 0.692. The Morgan fingerprint density at radius 3 is 2.83 bits per heavy atom. The average molecular weight is 250 g/mol. The fourth-order valence-electron chi connectivity index (χ4n) is 2.68. The second kappa shape index (κ2) is 5.42. The van der Waals surface area contributed by atoms with E-state index in [9.17, 15) is 0 Å². The average Bonchev–Trinajstić information content (AvgIpc) is 2.73. The Morgan fingerprint density at radius 2 is 2.17 bits per heavy atom. The van der Waals surface area contributed by atoms with Crippen molar-refractivity contribution in [3.63, 3.8) is 0 Å². The maximum atomic E-state index is 6.14. The molecule has 1 aliphatic rings. The van der Waals surface area contributed by atoms with Crippen LogP contribution in [0.5, 0.6) is 5.88 Å². The van der Waals surface area contributed by atoms with E-state index in [1.807, 2.05) is 6.92 Å². The van der Waals surface area contributed by atoms with Gasteiger partial charge in [-0.2, -0.15) is 4.98 Å². The molecule has 1 aromatic heterocycles. The van der Waals surface area contributed by atoms with E-state index in [1.165, 1.54) is 19.2 Å². The first-order valence-electron chi connectivity index (χ1n) is 6.70. The van der Waals surface area contributed by atoms with E-state index in [0.717, 1.165) is 12.2 Å². The lowest BCUT2D eigenvalue weighted by Gasteiger charge is -2.30. The van der Waals surface area contributed by atoms with Crippen molar-refractivity contribution in [2.45, 2.75) is 52.1 Å². The third-order valence-corrected chi connectivity index (χ3v) is 3.61. The van der Waals surface area contributed by atoms with Crippen LogP contribution < -0.4 is 15.4 Å². The van der Waals surface area contributed by atoms with Gasteiger partial charge >= 0.3 is 0 Å². The monoisotopic (exact) mass is 250 g/mol. The molecule has 2 rings (SSSR count). The highest BCUT2D eigenvalue weighted by molar-refractivity contribution is 5.68. The first-order valence-corrected chi connectivity index (χ1v) is 6.70. The lowest BCUT2D eigenvalue weighted by atomic mass is 10.1. The molecular weight excluding hydrogens is 228 g/mol. The molecule has 1 aliphatic heterocycles. The van der Waals surface area contributed by atoms with E-state index < -0.39 is 0 Å². The number of aromatic nitrogens is 2. The maximum Gasteiger partial charge on any atom is 0.242 e. The van der Waals surface area contributed by atoms with Gasteiger partial charge < -0.3 is 15.4 Å². The van der Waals surface area contributed by atoms with E-state index in [0.29, 0.717) is 30.3 Å². The molecule has 2 atom stereocenters. The number of nitrogen functional groups attached to an aromatic ring is 1. The summed E-state index contributed by atoms with van der Waals surface area (Å²) in [4.78, 5) is 10.8. The zero-order chi connectivity index (χ0) is 13.1. The summed E-state index contributed by atoms with van der Waals surface area (Å²) in [6.07, 6.45) is 5.03. The van der Waals surface area contributed by atoms with Gasteiger partial charge in [0.1, 0.15) is 12.0 Å². The number of nitrogens with zero attached hydrogens (tertiary/aromatic N) is 3. The van der Waals surface area contributed by atoms with Crippen molar-refractivity contribution < 1.29 is 4.74 Å². The Morgan fingerprint density at radius 1 is 1.39 bits per heavy atom. The molecule has 2 unspecified atom stereocenters. The van der Waals surface area contributed by atoms with E-state index in [4.69, 9.17) is 10.5 Å². The molecule has 0 radical (unpaired) electrons. The Labute approximate surface area is 108 Å². The number of anilines is 2. The molecule has 5 heteroatoms. The van der Waals surface area contributed by atoms with Crippen LogP contribution in [0.4, 0.5) is 11.5 Å². The summed E-state index contributed by atoms with van der Waals surface area (Å²) in [6, 6.07) is 0.994. The number of ether oxygens (including phenoxy) is 1. The van der Waals surface area contributed by atoms with Crippen molar-refractivity contribution in [3.8, 4) is 5.88 Å². The highest BCUT2D eigenvalue weighted by atomic mass is 16.5. The van der Waals surface area contributed by atoms with E-state index in [-0.39, 0.29) is 0 Å². The Kier molecular flexibility index (Phi) is 3.89. The molecule has 2 N–H and O–H groups in total. The van der Waals surface area contributed by atoms with Crippen LogP contribution in [-0.4, -0.2) is 28.7 Å². The highest BCUT2D eigenvalue weighted by Crippen LogP contribution is 2.36. The minimum atomic E-state index is 0.474. The second-order valence-electron chi connectivity index (χ2n) is 4.74. The van der Waals surface area contributed by atoms with Gasteiger partial charge in [0.15, 0.2) is 5.82 Å². The SMILES string of the molecule is CCOc1ncnc(N2C(C)CCC2CC)c1N. The molecular formula is C13H22N4O. The normalized spacial score (nSPS) is 23.4. The molecule has 0 bridgehead atoms. The van der Waals surface area contributed by atoms with Gasteiger partial charge in [0.05, 0.1) is 6.61 Å². The van der Waals surface area contributed by atoms with Crippen LogP contribution in [-0.2, 0) is 0 Å². The van der Waals surface area contributed by atoms with Crippen molar-refractivity contribution in [1.29, 1.82) is 0 Å². The number of rotatable bonds is 4. The zero-order valence-corrected chi connectivity index (χ0v) is 11.4. The smallest absolute Gasteiger partial charge is 0.242 e. The fourth-order valence-corrected chi connectivity index (χ4v) is 2.68. The third-order valence-electron chi connectivity index (χ3n) is 3.61. The molecule has 0 aromatic carbocycles. The van der Waals surface area contributed by atoms with Crippen molar-refractivity contribution in [2.24, 2.45) is 0 Å². The van der Waals surface area contributed by atoms with Gasteiger partial charge in [-0.1, -0.05) is 6.92 Å². The van der Waals surface area contributed by atoms with Gasteiger partial charge in [-0.05, 0) is 33.1 Å². The molecule has 0 aliphatic carbocycles. The van der Waals surface area contributed by atoms with Crippen molar-refractivity contribution >= 4 is 11.5 Å². The van der Waals surface area contributed by atoms with Crippen LogP contribution in [0.3, 0.4) is 0 Å². The van der Waals surface area contributed by atoms with Crippen LogP contribution in [0.25, 0.3) is 0 Å². The molecule has 1 aromatic rings. The van der Waals surface area contributed by atoms with Crippen molar-refractivity contribution in [3.05, 3.63) is 6.33 Å². The van der Waals surface area contributed by atoms with Gasteiger partial charge in [-0.3, -0.25) is 0 Å². The van der Waals surface area contributed by atoms with Crippen molar-refractivity contribution in [1.82, 2.24) is 9.97 Å². The summed E-state index contributed by atoms with van der Waals surface area (Å²) in [5, 5.41) is 0. The van der Waals surface area contributed by atoms with Gasteiger partial charge in [0, 0.05) is 12.1 Å². The van der Waals surface area contributed by atoms with E-state index in [2.05, 4.69) is 28.7 Å². The van der Waals surface area contributed by atoms with Crippen LogP contribution in [0.15, 0.2) is 6.33 Å². The van der Waals surface area contributed by atoms with Gasteiger partial charge in [0.25, 0.3) is 0 Å². The first kappa shape index (κ1) is 12.9. The quantitative estimate of drug-likeness (QED) is 0.887. The zero-order valence-electron chi connectivity index (χ0n) is 11.4. The summed E-state index contributed by atoms with van der Waals surface area (Å²) in [6.45, 7) is 6.91. The molecule has 1 saturated heterocycles. The van der Waals surface area contributed by atoms with Gasteiger partial charge in [0.2, 0.25) is 5.88 Å². The Balaban J connectivity index is 2.34. The molecule has 1 fully saturated rings. The van der Waals surface area contributed by atoms with E-state index in [1.54, 1.807) is 0 Å². The molecule has 18 heavy (non-hydrogen) atoms. The predicted molar refractivity (Wildman–Crippen MR) is 72.9 cm³/mol. The Bertz CT molecular complexity index is 410. The minimum Gasteiger partial charge on any atom is -0.476 e. The number of nitrogens with two attached hydrogens (primary N) is 1. The lowest BCUT2D eigenvalue weighted by Crippen LogP contribution is -2.35. The standard InChI is InChI=1S/C13H22N4O/c1-4-10-7-6-9(3)17(10)12-11(14)13(18-5-2)16-8-15-12/h8-10H,4-7,14H2,1-3H3. The maximum absolute atomic E-state index is 6.14. The first-order chi connectivity index (χ1) is 8.69. The highest BCUT2D eigenvalue weighted by Gasteiger charge is 2.32. The lowest BCUT2D eigenvalue weighted by molar-refractivity contribution is 0.328.